The molecule has 0 aliphatic heterocycles. The summed E-state index contributed by atoms with van der Waals surface area (Å²) in [6, 6.07) is 11.0. The van der Waals surface area contributed by atoms with Crippen LogP contribution in [0.5, 0.6) is 17.2 Å². The van der Waals surface area contributed by atoms with E-state index in [1.165, 1.54) is 38.5 Å². The molecule has 2 aromatic rings. The van der Waals surface area contributed by atoms with Crippen LogP contribution in [0.15, 0.2) is 47.6 Å². The van der Waals surface area contributed by atoms with Gasteiger partial charge < -0.3 is 18.9 Å². The molecule has 0 saturated heterocycles. The third-order valence-corrected chi connectivity index (χ3v) is 2.97. The third-order valence-electron chi connectivity index (χ3n) is 2.97. The Bertz CT molecular complexity index is 683. The standard InChI is InChI=1S/C16H15NO6/c1-20-14-5-3-4-11(15(14)21-2)10-22-16(18)23-13-8-6-12(17-19)7-9-13/h3-9H,10H2,1-2H3. The Morgan fingerprint density at radius 3 is 2.39 bits per heavy atom. The largest absolute Gasteiger partial charge is 0.514 e. The van der Waals surface area contributed by atoms with Gasteiger partial charge in [0.25, 0.3) is 0 Å². The predicted octanol–water partition coefficient (Wildman–Crippen LogP) is 3.82. The normalized spacial score (nSPS) is 9.83. The van der Waals surface area contributed by atoms with Crippen molar-refractivity contribution < 1.29 is 23.7 Å². The lowest BCUT2D eigenvalue weighted by atomic mass is 10.2. The van der Waals surface area contributed by atoms with Crippen LogP contribution in [0.25, 0.3) is 0 Å². The Hall–Kier alpha value is -3.09. The molecule has 7 heteroatoms. The van der Waals surface area contributed by atoms with E-state index in [-0.39, 0.29) is 18.0 Å². The molecule has 23 heavy (non-hydrogen) atoms. The molecule has 120 valence electrons. The molecule has 0 bridgehead atoms. The number of nitrogens with zero attached hydrogens (tertiary/aromatic N) is 1. The summed E-state index contributed by atoms with van der Waals surface area (Å²) in [6.07, 6.45) is -0.873. The van der Waals surface area contributed by atoms with E-state index in [0.717, 1.165) is 0 Å². The Labute approximate surface area is 132 Å². The summed E-state index contributed by atoms with van der Waals surface area (Å²) < 4.78 is 20.5. The van der Waals surface area contributed by atoms with Crippen molar-refractivity contribution in [2.24, 2.45) is 5.18 Å². The third kappa shape index (κ3) is 4.19. The van der Waals surface area contributed by atoms with Gasteiger partial charge in [0.05, 0.1) is 14.2 Å². The Kier molecular flexibility index (Phi) is 5.51. The van der Waals surface area contributed by atoms with Gasteiger partial charge in [0.1, 0.15) is 18.0 Å². The molecule has 7 nitrogen and oxygen atoms in total. The lowest BCUT2D eigenvalue weighted by Crippen LogP contribution is -2.11. The highest BCUT2D eigenvalue weighted by Crippen LogP contribution is 2.31. The van der Waals surface area contributed by atoms with Crippen LogP contribution >= 0.6 is 0 Å². The van der Waals surface area contributed by atoms with Crippen LogP contribution in [0.1, 0.15) is 5.56 Å². The number of carbonyl (C=O) groups excluding carboxylic acids is 1. The van der Waals surface area contributed by atoms with Crippen molar-refractivity contribution in [3.05, 3.63) is 52.9 Å². The molecule has 0 atom stereocenters. The minimum Gasteiger partial charge on any atom is -0.493 e. The van der Waals surface area contributed by atoms with E-state index in [2.05, 4.69) is 5.18 Å². The van der Waals surface area contributed by atoms with Crippen molar-refractivity contribution in [2.75, 3.05) is 14.2 Å². The first-order chi connectivity index (χ1) is 11.2. The SMILES string of the molecule is COc1cccc(COC(=O)Oc2ccc(N=O)cc2)c1OC. The van der Waals surface area contributed by atoms with Gasteiger partial charge in [0.15, 0.2) is 11.5 Å². The molecule has 0 aliphatic rings. The van der Waals surface area contributed by atoms with Crippen LogP contribution < -0.4 is 14.2 Å². The van der Waals surface area contributed by atoms with E-state index >= 15 is 0 Å². The number of benzene rings is 2. The molecule has 0 heterocycles. The minimum absolute atomic E-state index is 0.0345. The van der Waals surface area contributed by atoms with Crippen molar-refractivity contribution >= 4 is 11.8 Å². The molecule has 0 spiro atoms. The Balaban J connectivity index is 1.97. The van der Waals surface area contributed by atoms with Gasteiger partial charge >= 0.3 is 6.16 Å². The van der Waals surface area contributed by atoms with E-state index in [0.29, 0.717) is 17.1 Å². The number of hydrogen-bond acceptors (Lipinski definition) is 7. The molecule has 0 unspecified atom stereocenters. The van der Waals surface area contributed by atoms with E-state index in [9.17, 15) is 9.70 Å². The average molecular weight is 317 g/mol. The summed E-state index contributed by atoms with van der Waals surface area (Å²) in [6.45, 7) is -0.0345. The van der Waals surface area contributed by atoms with Crippen molar-refractivity contribution in [3.63, 3.8) is 0 Å². The lowest BCUT2D eigenvalue weighted by Gasteiger charge is -2.12. The zero-order chi connectivity index (χ0) is 16.7. The number of rotatable bonds is 6. The number of methoxy groups -OCH3 is 2. The number of para-hydroxylation sites is 1. The maximum Gasteiger partial charge on any atom is 0.514 e. The van der Waals surface area contributed by atoms with Crippen molar-refractivity contribution in [1.82, 2.24) is 0 Å². The van der Waals surface area contributed by atoms with Crippen LogP contribution in [0.2, 0.25) is 0 Å². The summed E-state index contributed by atoms with van der Waals surface area (Å²) in [5.41, 5.74) is 0.885. The second-order valence-electron chi connectivity index (χ2n) is 4.38. The number of nitroso groups, excluding NO2 is 1. The fourth-order valence-corrected chi connectivity index (χ4v) is 1.90. The lowest BCUT2D eigenvalue weighted by molar-refractivity contribution is 0.0919. The minimum atomic E-state index is -0.873. The summed E-state index contributed by atoms with van der Waals surface area (Å²) in [4.78, 5) is 22.0. The van der Waals surface area contributed by atoms with Crippen LogP contribution in [0.4, 0.5) is 10.5 Å². The van der Waals surface area contributed by atoms with Crippen molar-refractivity contribution in [3.8, 4) is 17.2 Å². The molecule has 0 N–H and O–H groups in total. The quantitative estimate of drug-likeness (QED) is 0.457. The zero-order valence-electron chi connectivity index (χ0n) is 12.6. The summed E-state index contributed by atoms with van der Waals surface area (Å²) in [5, 5.41) is 2.75. The van der Waals surface area contributed by atoms with Crippen molar-refractivity contribution in [2.45, 2.75) is 6.61 Å². The fourth-order valence-electron chi connectivity index (χ4n) is 1.90. The molecule has 0 radical (unpaired) electrons. The van der Waals surface area contributed by atoms with Gasteiger partial charge in [-0.2, -0.15) is 0 Å². The van der Waals surface area contributed by atoms with E-state index in [4.69, 9.17) is 18.9 Å². The zero-order valence-corrected chi connectivity index (χ0v) is 12.6. The molecule has 0 amide bonds. The van der Waals surface area contributed by atoms with Gasteiger partial charge in [-0.3, -0.25) is 0 Å². The molecule has 2 aromatic carbocycles. The molecule has 0 saturated carbocycles. The first-order valence-corrected chi connectivity index (χ1v) is 6.66. The average Bonchev–Trinajstić information content (AvgIpc) is 2.60. The van der Waals surface area contributed by atoms with E-state index in [1.54, 1.807) is 18.2 Å². The molecule has 0 fully saturated rings. The van der Waals surface area contributed by atoms with Gasteiger partial charge in [-0.05, 0) is 35.5 Å². The number of hydrogen-bond donors (Lipinski definition) is 0. The smallest absolute Gasteiger partial charge is 0.493 e. The van der Waals surface area contributed by atoms with E-state index < -0.39 is 6.16 Å². The van der Waals surface area contributed by atoms with Gasteiger partial charge in [0, 0.05) is 5.56 Å². The second kappa shape index (κ2) is 7.79. The van der Waals surface area contributed by atoms with Crippen LogP contribution in [0.3, 0.4) is 0 Å². The summed E-state index contributed by atoms with van der Waals surface area (Å²) in [7, 11) is 3.02. The summed E-state index contributed by atoms with van der Waals surface area (Å²) >= 11 is 0. The first kappa shape index (κ1) is 16.3. The fraction of sp³-hybridized carbons (Fsp3) is 0.188. The maximum absolute atomic E-state index is 11.7. The monoisotopic (exact) mass is 317 g/mol. The number of carbonyl (C=O) groups is 1. The van der Waals surface area contributed by atoms with Crippen LogP contribution in [-0.2, 0) is 11.3 Å². The highest BCUT2D eigenvalue weighted by Gasteiger charge is 2.13. The Morgan fingerprint density at radius 2 is 1.78 bits per heavy atom. The molecule has 2 rings (SSSR count). The van der Waals surface area contributed by atoms with Crippen LogP contribution in [0, 0.1) is 4.91 Å². The highest BCUT2D eigenvalue weighted by molar-refractivity contribution is 5.64. The van der Waals surface area contributed by atoms with Gasteiger partial charge in [0.2, 0.25) is 0 Å². The second-order valence-corrected chi connectivity index (χ2v) is 4.38. The predicted molar refractivity (Wildman–Crippen MR) is 82.3 cm³/mol. The van der Waals surface area contributed by atoms with Gasteiger partial charge in [-0.25, -0.2) is 4.79 Å². The number of ether oxygens (including phenoxy) is 4. The molecular formula is C16H15NO6. The first-order valence-electron chi connectivity index (χ1n) is 6.66. The maximum atomic E-state index is 11.7. The Morgan fingerprint density at radius 1 is 1.04 bits per heavy atom. The highest BCUT2D eigenvalue weighted by atomic mass is 16.7. The van der Waals surface area contributed by atoms with E-state index in [1.807, 2.05) is 0 Å². The van der Waals surface area contributed by atoms with Crippen molar-refractivity contribution in [1.29, 1.82) is 0 Å². The molecule has 0 aromatic heterocycles. The molecular weight excluding hydrogens is 302 g/mol. The van der Waals surface area contributed by atoms with Gasteiger partial charge in [-0.15, -0.1) is 4.91 Å². The van der Waals surface area contributed by atoms with Crippen LogP contribution in [-0.4, -0.2) is 20.4 Å². The van der Waals surface area contributed by atoms with Gasteiger partial charge in [-0.1, -0.05) is 12.1 Å². The topological polar surface area (TPSA) is 83.4 Å². The molecule has 0 aliphatic carbocycles. The summed E-state index contributed by atoms with van der Waals surface area (Å²) in [5.74, 6) is 1.28.